The quantitative estimate of drug-likeness (QED) is 0.313. The van der Waals surface area contributed by atoms with E-state index in [0.717, 1.165) is 11.0 Å². The van der Waals surface area contributed by atoms with Crippen molar-refractivity contribution >= 4 is 0 Å². The van der Waals surface area contributed by atoms with Crippen molar-refractivity contribution in [3.63, 3.8) is 0 Å². The van der Waals surface area contributed by atoms with Crippen molar-refractivity contribution < 1.29 is 9.96 Å². The van der Waals surface area contributed by atoms with Gasteiger partial charge in [-0.1, -0.05) is 89.0 Å². The highest BCUT2D eigenvalue weighted by atomic mass is 16.0. The van der Waals surface area contributed by atoms with Crippen LogP contribution in [-0.4, -0.2) is 31.1 Å². The number of hydrogen-bond donors (Lipinski definition) is 0. The minimum Gasteiger partial charge on any atom is -0.870 e. The number of quaternary nitrogens is 1. The molecule has 0 unspecified atom stereocenters. The number of aryl methyl sites for hydroxylation is 1. The molecule has 0 fully saturated rings. The van der Waals surface area contributed by atoms with Crippen LogP contribution >= 0.6 is 0 Å². The molecule has 0 aromatic heterocycles. The van der Waals surface area contributed by atoms with Crippen LogP contribution in [0.15, 0.2) is 24.3 Å². The van der Waals surface area contributed by atoms with E-state index in [-0.39, 0.29) is 5.48 Å². The fourth-order valence-electron chi connectivity index (χ4n) is 3.18. The van der Waals surface area contributed by atoms with E-state index >= 15 is 0 Å². The minimum absolute atomic E-state index is 0. The SMILES string of the molecule is CCCCCCCCCCCCc1ccc(C[N+](C)(C)C)cc1.[OH-]. The summed E-state index contributed by atoms with van der Waals surface area (Å²) in [5, 5.41) is 0. The van der Waals surface area contributed by atoms with Gasteiger partial charge in [0.15, 0.2) is 0 Å². The lowest BCUT2D eigenvalue weighted by Gasteiger charge is -2.23. The monoisotopic (exact) mass is 335 g/mol. The summed E-state index contributed by atoms with van der Waals surface area (Å²) in [6, 6.07) is 9.29. The maximum atomic E-state index is 2.33. The molecule has 2 heteroatoms. The lowest BCUT2D eigenvalue weighted by molar-refractivity contribution is -0.884. The molecule has 0 radical (unpaired) electrons. The van der Waals surface area contributed by atoms with Crippen LogP contribution in [0.25, 0.3) is 0 Å². The Balaban J connectivity index is 0.00000529. The minimum atomic E-state index is 0. The van der Waals surface area contributed by atoms with Crippen molar-refractivity contribution in [2.45, 2.75) is 84.1 Å². The predicted octanol–water partition coefficient (Wildman–Crippen LogP) is 6.18. The molecule has 0 aliphatic heterocycles. The largest absolute Gasteiger partial charge is 0.870 e. The van der Waals surface area contributed by atoms with Gasteiger partial charge in [0.05, 0.1) is 21.1 Å². The lowest BCUT2D eigenvalue weighted by Crippen LogP contribution is -2.33. The third-order valence-electron chi connectivity index (χ3n) is 4.50. The van der Waals surface area contributed by atoms with E-state index in [9.17, 15) is 0 Å². The van der Waals surface area contributed by atoms with Gasteiger partial charge in [0.2, 0.25) is 0 Å². The molecule has 0 heterocycles. The summed E-state index contributed by atoms with van der Waals surface area (Å²) >= 11 is 0. The number of hydrogen-bond acceptors (Lipinski definition) is 1. The van der Waals surface area contributed by atoms with E-state index in [2.05, 4.69) is 52.3 Å². The van der Waals surface area contributed by atoms with Crippen molar-refractivity contribution in [3.8, 4) is 0 Å². The lowest BCUT2D eigenvalue weighted by atomic mass is 10.0. The van der Waals surface area contributed by atoms with Gasteiger partial charge in [-0.3, -0.25) is 0 Å². The highest BCUT2D eigenvalue weighted by Gasteiger charge is 2.07. The van der Waals surface area contributed by atoms with Gasteiger partial charge in [0, 0.05) is 5.56 Å². The van der Waals surface area contributed by atoms with Crippen molar-refractivity contribution in [2.24, 2.45) is 0 Å². The molecule has 0 amide bonds. The zero-order chi connectivity index (χ0) is 17.0. The topological polar surface area (TPSA) is 30.0 Å². The summed E-state index contributed by atoms with van der Waals surface area (Å²) in [7, 11) is 6.74. The van der Waals surface area contributed by atoms with Gasteiger partial charge in [-0.25, -0.2) is 0 Å². The zero-order valence-electron chi connectivity index (χ0n) is 16.7. The van der Waals surface area contributed by atoms with Crippen LogP contribution in [0.2, 0.25) is 0 Å². The third-order valence-corrected chi connectivity index (χ3v) is 4.50. The van der Waals surface area contributed by atoms with Crippen molar-refractivity contribution in [3.05, 3.63) is 35.4 Å². The fourth-order valence-corrected chi connectivity index (χ4v) is 3.18. The van der Waals surface area contributed by atoms with Gasteiger partial charge in [-0.05, 0) is 18.4 Å². The number of rotatable bonds is 13. The summed E-state index contributed by atoms with van der Waals surface area (Å²) < 4.78 is 0.998. The van der Waals surface area contributed by atoms with Crippen molar-refractivity contribution in [1.29, 1.82) is 0 Å². The van der Waals surface area contributed by atoms with Crippen LogP contribution in [-0.2, 0) is 13.0 Å². The summed E-state index contributed by atoms with van der Waals surface area (Å²) in [6.45, 7) is 3.40. The van der Waals surface area contributed by atoms with Gasteiger partial charge in [-0.2, -0.15) is 0 Å². The van der Waals surface area contributed by atoms with Crippen LogP contribution in [0.4, 0.5) is 0 Å². The normalized spacial score (nSPS) is 11.3. The Labute approximate surface area is 151 Å². The number of unbranched alkanes of at least 4 members (excludes halogenated alkanes) is 9. The Morgan fingerprint density at radius 2 is 1.04 bits per heavy atom. The molecule has 0 saturated heterocycles. The highest BCUT2D eigenvalue weighted by Crippen LogP contribution is 2.14. The Morgan fingerprint density at radius 1 is 0.625 bits per heavy atom. The second kappa shape index (κ2) is 13.4. The van der Waals surface area contributed by atoms with E-state index in [1.165, 1.54) is 81.8 Å². The molecule has 1 N–H and O–H groups in total. The highest BCUT2D eigenvalue weighted by molar-refractivity contribution is 5.22. The first kappa shape index (κ1) is 23.1. The smallest absolute Gasteiger partial charge is 0.104 e. The first-order valence-corrected chi connectivity index (χ1v) is 9.89. The first-order chi connectivity index (χ1) is 11.0. The maximum absolute atomic E-state index is 2.33. The second-order valence-corrected chi connectivity index (χ2v) is 8.20. The second-order valence-electron chi connectivity index (χ2n) is 8.20. The molecule has 0 aliphatic rings. The van der Waals surface area contributed by atoms with Gasteiger partial charge in [0.25, 0.3) is 0 Å². The summed E-state index contributed by atoms with van der Waals surface area (Å²) in [5.74, 6) is 0. The van der Waals surface area contributed by atoms with Gasteiger partial charge >= 0.3 is 0 Å². The zero-order valence-corrected chi connectivity index (χ0v) is 16.7. The molecule has 1 aromatic rings. The van der Waals surface area contributed by atoms with Crippen LogP contribution < -0.4 is 0 Å². The molecule has 24 heavy (non-hydrogen) atoms. The van der Waals surface area contributed by atoms with E-state index < -0.39 is 0 Å². The molecule has 0 saturated carbocycles. The molecular formula is C22H41NO. The molecule has 0 bridgehead atoms. The molecule has 0 atom stereocenters. The summed E-state index contributed by atoms with van der Waals surface area (Å²) in [4.78, 5) is 0. The van der Waals surface area contributed by atoms with Gasteiger partial charge < -0.3 is 9.96 Å². The van der Waals surface area contributed by atoms with Crippen LogP contribution in [0.5, 0.6) is 0 Å². The Morgan fingerprint density at radius 3 is 1.50 bits per heavy atom. The van der Waals surface area contributed by atoms with Crippen molar-refractivity contribution in [2.75, 3.05) is 21.1 Å². The molecule has 2 nitrogen and oxygen atoms in total. The Bertz CT molecular complexity index is 391. The van der Waals surface area contributed by atoms with E-state index in [1.807, 2.05) is 0 Å². The molecule has 1 aromatic carbocycles. The van der Waals surface area contributed by atoms with E-state index in [1.54, 1.807) is 0 Å². The Kier molecular flexibility index (Phi) is 13.0. The molecule has 140 valence electrons. The number of benzene rings is 1. The molecule has 0 spiro atoms. The predicted molar refractivity (Wildman–Crippen MR) is 106 cm³/mol. The third kappa shape index (κ3) is 12.5. The molecular weight excluding hydrogens is 294 g/mol. The number of nitrogens with zero attached hydrogens (tertiary/aromatic N) is 1. The van der Waals surface area contributed by atoms with Crippen LogP contribution in [0, 0.1) is 0 Å². The standard InChI is InChI=1S/C22H40N.H2O/c1-5-6-7-8-9-10-11-12-13-14-15-21-16-18-22(19-17-21)20-23(2,3)4;/h16-19H,5-15,20H2,1-4H3;1H2/q+1;/p-1. The van der Waals surface area contributed by atoms with Crippen LogP contribution in [0.3, 0.4) is 0 Å². The van der Waals surface area contributed by atoms with Gasteiger partial charge in [0.1, 0.15) is 6.54 Å². The first-order valence-electron chi connectivity index (χ1n) is 9.89. The van der Waals surface area contributed by atoms with E-state index in [4.69, 9.17) is 0 Å². The average Bonchev–Trinajstić information content (AvgIpc) is 2.49. The fraction of sp³-hybridized carbons (Fsp3) is 0.727. The maximum Gasteiger partial charge on any atom is 0.104 e. The summed E-state index contributed by atoms with van der Waals surface area (Å²) in [6.07, 6.45) is 15.4. The average molecular weight is 336 g/mol. The molecule has 1 rings (SSSR count). The van der Waals surface area contributed by atoms with Gasteiger partial charge in [-0.15, -0.1) is 0 Å². The summed E-state index contributed by atoms with van der Waals surface area (Å²) in [5.41, 5.74) is 2.96. The Hall–Kier alpha value is -0.860. The van der Waals surface area contributed by atoms with Crippen LogP contribution in [0.1, 0.15) is 82.3 Å². The molecule has 0 aliphatic carbocycles. The van der Waals surface area contributed by atoms with E-state index in [0.29, 0.717) is 0 Å². The van der Waals surface area contributed by atoms with Crippen molar-refractivity contribution in [1.82, 2.24) is 0 Å².